The van der Waals surface area contributed by atoms with Gasteiger partial charge in [-0.3, -0.25) is 13.6 Å². The van der Waals surface area contributed by atoms with Crippen LogP contribution in [-0.4, -0.2) is 26.4 Å². The van der Waals surface area contributed by atoms with Gasteiger partial charge in [0, 0.05) is 5.41 Å². The zero-order chi connectivity index (χ0) is 18.1. The van der Waals surface area contributed by atoms with Crippen molar-refractivity contribution in [2.45, 2.75) is 48.5 Å². The van der Waals surface area contributed by atoms with Crippen LogP contribution in [0.1, 0.15) is 48.5 Å². The Balaban J connectivity index is 5.73. The minimum absolute atomic E-state index is 0.156. The first-order valence-electron chi connectivity index (χ1n) is 7.76. The van der Waals surface area contributed by atoms with Gasteiger partial charge in [0.15, 0.2) is 0 Å². The van der Waals surface area contributed by atoms with E-state index in [9.17, 15) is 9.13 Å². The molecule has 9 heteroatoms. The lowest BCUT2D eigenvalue weighted by molar-refractivity contribution is 0.128. The monoisotopic (exact) mass is 372 g/mol. The van der Waals surface area contributed by atoms with Crippen molar-refractivity contribution in [3.8, 4) is 0 Å². The minimum atomic E-state index is -3.80. The van der Waals surface area contributed by atoms with Crippen LogP contribution in [0.4, 0.5) is 0 Å². The van der Waals surface area contributed by atoms with Crippen molar-refractivity contribution in [1.29, 1.82) is 0 Å². The maximum atomic E-state index is 12.7. The van der Waals surface area contributed by atoms with E-state index >= 15 is 0 Å². The second-order valence-electron chi connectivity index (χ2n) is 5.49. The molecule has 0 radical (unpaired) electrons. The highest BCUT2D eigenvalue weighted by molar-refractivity contribution is 7.57. The summed E-state index contributed by atoms with van der Waals surface area (Å²) in [6.07, 6.45) is 0. The summed E-state index contributed by atoms with van der Waals surface area (Å²) in [5.41, 5.74) is -0.603. The van der Waals surface area contributed by atoms with Crippen molar-refractivity contribution < 1.29 is 31.7 Å². The molecule has 0 bridgehead atoms. The molecule has 0 atom stereocenters. The molecule has 0 N–H and O–H groups in total. The average molecular weight is 372 g/mol. The Bertz CT molecular complexity index is 448. The van der Waals surface area contributed by atoms with Crippen molar-refractivity contribution in [3.05, 3.63) is 11.6 Å². The molecule has 0 aliphatic carbocycles. The zero-order valence-electron chi connectivity index (χ0n) is 15.2. The number of hydrogen-bond donors (Lipinski definition) is 0. The van der Waals surface area contributed by atoms with Crippen LogP contribution in [0.5, 0.6) is 0 Å². The predicted octanol–water partition coefficient (Wildman–Crippen LogP) is 5.34. The second kappa shape index (κ2) is 9.97. The SMILES string of the molecule is CCOP(=O)(/C=C(\OP(=O)(OCC)OCC)C(C)(C)C)OCC. The van der Waals surface area contributed by atoms with Gasteiger partial charge >= 0.3 is 15.4 Å². The second-order valence-corrected chi connectivity index (χ2v) is 8.94. The van der Waals surface area contributed by atoms with Crippen LogP contribution < -0.4 is 0 Å². The van der Waals surface area contributed by atoms with Gasteiger partial charge in [0.25, 0.3) is 0 Å². The van der Waals surface area contributed by atoms with Crippen LogP contribution in [0, 0.1) is 5.41 Å². The summed E-state index contributed by atoms with van der Waals surface area (Å²) in [7, 11) is -7.31. The van der Waals surface area contributed by atoms with Crippen LogP contribution in [0.15, 0.2) is 11.6 Å². The van der Waals surface area contributed by atoms with Crippen molar-refractivity contribution >= 4 is 15.4 Å². The Hall–Kier alpha value is -0.160. The molecule has 0 saturated heterocycles. The summed E-state index contributed by atoms with van der Waals surface area (Å²) >= 11 is 0. The fraction of sp³-hybridized carbons (Fsp3) is 0.857. The summed E-state index contributed by atoms with van der Waals surface area (Å²) in [5.74, 6) is 1.43. The van der Waals surface area contributed by atoms with Crippen molar-refractivity contribution in [2.24, 2.45) is 5.41 Å². The van der Waals surface area contributed by atoms with Gasteiger partial charge in [0.1, 0.15) is 5.76 Å². The lowest BCUT2D eigenvalue weighted by atomic mass is 9.95. The first-order chi connectivity index (χ1) is 10.6. The Morgan fingerprint density at radius 3 is 1.52 bits per heavy atom. The van der Waals surface area contributed by atoms with E-state index in [1.165, 1.54) is 5.82 Å². The number of phosphoric ester groups is 1. The average Bonchev–Trinajstić information content (AvgIpc) is 2.37. The summed E-state index contributed by atoms with van der Waals surface area (Å²) < 4.78 is 51.5. The smallest absolute Gasteiger partial charge is 0.408 e. The van der Waals surface area contributed by atoms with Crippen LogP contribution in [0.25, 0.3) is 0 Å². The van der Waals surface area contributed by atoms with Crippen molar-refractivity contribution in [3.63, 3.8) is 0 Å². The lowest BCUT2D eigenvalue weighted by Gasteiger charge is -2.27. The number of allylic oxidation sites excluding steroid dienone is 1. The Labute approximate surface area is 139 Å². The number of rotatable bonds is 11. The normalized spacial score (nSPS) is 14.1. The molecule has 138 valence electrons. The molecule has 0 unspecified atom stereocenters. The molecule has 23 heavy (non-hydrogen) atoms. The van der Waals surface area contributed by atoms with Crippen LogP contribution in [0.2, 0.25) is 0 Å². The van der Waals surface area contributed by atoms with Crippen LogP contribution >= 0.6 is 15.4 Å². The summed E-state index contributed by atoms with van der Waals surface area (Å²) in [6, 6.07) is 0. The third kappa shape index (κ3) is 8.48. The van der Waals surface area contributed by atoms with E-state index in [0.717, 1.165) is 0 Å². The molecule has 0 aromatic heterocycles. The van der Waals surface area contributed by atoms with Gasteiger partial charge in [0.05, 0.1) is 32.2 Å². The molecular weight excluding hydrogens is 342 g/mol. The standard InChI is InChI=1S/C14H30O7P2/c1-8-17-22(15,18-9-2)12-13(14(5,6)7)21-23(16,19-10-3)20-11-4/h12H,8-11H2,1-7H3/b13-12-. The molecule has 0 fully saturated rings. The minimum Gasteiger partial charge on any atom is -0.408 e. The largest absolute Gasteiger partial charge is 0.529 e. The highest BCUT2D eigenvalue weighted by Gasteiger charge is 2.35. The van der Waals surface area contributed by atoms with Gasteiger partial charge < -0.3 is 13.6 Å². The third-order valence-electron chi connectivity index (χ3n) is 2.42. The van der Waals surface area contributed by atoms with Crippen LogP contribution in [0.3, 0.4) is 0 Å². The highest BCUT2D eigenvalue weighted by atomic mass is 31.2. The first-order valence-corrected chi connectivity index (χ1v) is 10.8. The molecule has 0 aromatic carbocycles. The maximum absolute atomic E-state index is 12.7. The molecule has 0 spiro atoms. The van der Waals surface area contributed by atoms with Crippen molar-refractivity contribution in [1.82, 2.24) is 0 Å². The predicted molar refractivity (Wildman–Crippen MR) is 90.3 cm³/mol. The fourth-order valence-electron chi connectivity index (χ4n) is 1.50. The highest BCUT2D eigenvalue weighted by Crippen LogP contribution is 2.58. The third-order valence-corrected chi connectivity index (χ3v) is 5.77. The van der Waals surface area contributed by atoms with Gasteiger partial charge in [-0.2, -0.15) is 0 Å². The molecule has 0 rings (SSSR count). The molecule has 0 aliphatic rings. The Morgan fingerprint density at radius 1 is 0.826 bits per heavy atom. The quantitative estimate of drug-likeness (QED) is 0.358. The fourth-order valence-corrected chi connectivity index (χ4v) is 4.63. The number of hydrogen-bond acceptors (Lipinski definition) is 7. The Kier molecular flexibility index (Phi) is 9.90. The first kappa shape index (κ1) is 22.8. The molecule has 0 amide bonds. The van der Waals surface area contributed by atoms with Gasteiger partial charge in [-0.05, 0) is 27.7 Å². The summed E-state index contributed by atoms with van der Waals surface area (Å²) in [6.45, 7) is 13.0. The maximum Gasteiger partial charge on any atom is 0.529 e. The molecule has 0 aromatic rings. The van der Waals surface area contributed by atoms with Gasteiger partial charge in [-0.15, -0.1) is 0 Å². The molecule has 0 aliphatic heterocycles. The van der Waals surface area contributed by atoms with E-state index in [2.05, 4.69) is 0 Å². The van der Waals surface area contributed by atoms with Gasteiger partial charge in [0.2, 0.25) is 0 Å². The van der Waals surface area contributed by atoms with E-state index in [0.29, 0.717) is 0 Å². The summed E-state index contributed by atoms with van der Waals surface area (Å²) in [4.78, 5) is 0. The van der Waals surface area contributed by atoms with E-state index in [-0.39, 0.29) is 32.2 Å². The van der Waals surface area contributed by atoms with E-state index < -0.39 is 20.8 Å². The molecule has 0 saturated carbocycles. The summed E-state index contributed by atoms with van der Waals surface area (Å²) in [5, 5.41) is 0. The molecule has 7 nitrogen and oxygen atoms in total. The Morgan fingerprint density at radius 2 is 1.22 bits per heavy atom. The zero-order valence-corrected chi connectivity index (χ0v) is 16.9. The topological polar surface area (TPSA) is 80.3 Å². The van der Waals surface area contributed by atoms with Gasteiger partial charge in [-0.1, -0.05) is 20.8 Å². The molecular formula is C14H30O7P2. The van der Waals surface area contributed by atoms with E-state index in [1.54, 1.807) is 27.7 Å². The lowest BCUT2D eigenvalue weighted by Crippen LogP contribution is -2.14. The van der Waals surface area contributed by atoms with E-state index in [1.807, 2.05) is 20.8 Å². The van der Waals surface area contributed by atoms with Crippen LogP contribution in [-0.2, 0) is 31.7 Å². The number of phosphoric acid groups is 1. The van der Waals surface area contributed by atoms with Gasteiger partial charge in [-0.25, -0.2) is 4.57 Å². The van der Waals surface area contributed by atoms with E-state index in [4.69, 9.17) is 22.6 Å². The van der Waals surface area contributed by atoms with Crippen molar-refractivity contribution in [2.75, 3.05) is 26.4 Å². The molecule has 0 heterocycles.